The zero-order valence-electron chi connectivity index (χ0n) is 11.7. The number of aromatic amines is 1. The van der Waals surface area contributed by atoms with Crippen molar-refractivity contribution in [1.29, 1.82) is 0 Å². The normalized spacial score (nSPS) is 14.8. The summed E-state index contributed by atoms with van der Waals surface area (Å²) in [5.41, 5.74) is 6.90. The number of carbonyl (C=O) groups excluding carboxylic acids is 1. The molecule has 2 aromatic rings. The van der Waals surface area contributed by atoms with Crippen LogP contribution in [0, 0.1) is 0 Å². The predicted molar refractivity (Wildman–Crippen MR) is 73.0 cm³/mol. The molecule has 0 fully saturated rings. The van der Waals surface area contributed by atoms with E-state index in [1.165, 1.54) is 13.3 Å². The first-order valence-electron chi connectivity index (χ1n) is 6.43. The molecule has 0 aliphatic heterocycles. The number of H-pyrrole nitrogens is 1. The van der Waals surface area contributed by atoms with E-state index in [4.69, 9.17) is 10.5 Å². The van der Waals surface area contributed by atoms with Crippen molar-refractivity contribution >= 4 is 16.9 Å². The third-order valence-electron chi connectivity index (χ3n) is 3.14. The number of fused-ring (bicyclic) bond motifs is 1. The van der Waals surface area contributed by atoms with Gasteiger partial charge < -0.3 is 20.2 Å². The van der Waals surface area contributed by atoms with E-state index in [0.29, 0.717) is 16.5 Å². The van der Waals surface area contributed by atoms with E-state index < -0.39 is 24.3 Å². The van der Waals surface area contributed by atoms with Gasteiger partial charge in [0.1, 0.15) is 6.10 Å². The van der Waals surface area contributed by atoms with Gasteiger partial charge in [-0.15, -0.1) is 0 Å². The molecule has 0 amide bonds. The Morgan fingerprint density at radius 1 is 1.36 bits per heavy atom. The minimum atomic E-state index is -5.09. The summed E-state index contributed by atoms with van der Waals surface area (Å²) < 4.78 is 46.8. The van der Waals surface area contributed by atoms with Crippen LogP contribution in [-0.4, -0.2) is 36.9 Å². The third-order valence-corrected chi connectivity index (χ3v) is 3.14. The van der Waals surface area contributed by atoms with Crippen molar-refractivity contribution in [2.45, 2.75) is 18.3 Å². The van der Waals surface area contributed by atoms with Crippen molar-refractivity contribution in [2.24, 2.45) is 5.73 Å². The maximum atomic E-state index is 12.5. The van der Waals surface area contributed by atoms with Gasteiger partial charge in [0.05, 0.1) is 12.6 Å². The molecule has 1 heterocycles. The Morgan fingerprint density at radius 3 is 2.68 bits per heavy atom. The second kappa shape index (κ2) is 6.37. The number of nitrogens with two attached hydrogens (primary N) is 1. The molecule has 0 aliphatic rings. The summed E-state index contributed by atoms with van der Waals surface area (Å²) in [6, 6.07) is 6.02. The number of nitrogens with one attached hydrogen (secondary N) is 1. The number of methoxy groups -OCH3 is 1. The topological polar surface area (TPSA) is 77.3 Å². The fourth-order valence-electron chi connectivity index (χ4n) is 2.17. The minimum absolute atomic E-state index is 0.0602. The van der Waals surface area contributed by atoms with E-state index >= 15 is 0 Å². The first kappa shape index (κ1) is 16.3. The van der Waals surface area contributed by atoms with E-state index in [1.807, 2.05) is 0 Å². The van der Waals surface area contributed by atoms with Gasteiger partial charge in [-0.2, -0.15) is 13.2 Å². The highest BCUT2D eigenvalue weighted by atomic mass is 19.4. The monoisotopic (exact) mass is 316 g/mol. The number of hydrogen-bond donors (Lipinski definition) is 2. The molecule has 120 valence electrons. The molecule has 0 saturated carbocycles. The maximum Gasteiger partial charge on any atom is 0.490 e. The van der Waals surface area contributed by atoms with Crippen LogP contribution in [0.2, 0.25) is 0 Å². The minimum Gasteiger partial charge on any atom is -0.449 e. The quantitative estimate of drug-likeness (QED) is 0.830. The van der Waals surface area contributed by atoms with Gasteiger partial charge in [-0.3, -0.25) is 0 Å². The second-order valence-corrected chi connectivity index (χ2v) is 4.73. The zero-order chi connectivity index (χ0) is 16.3. The van der Waals surface area contributed by atoms with Gasteiger partial charge >= 0.3 is 12.1 Å². The van der Waals surface area contributed by atoms with Crippen molar-refractivity contribution in [3.8, 4) is 0 Å². The number of aromatic nitrogens is 1. The number of esters is 1. The van der Waals surface area contributed by atoms with E-state index in [0.717, 1.165) is 0 Å². The molecular weight excluding hydrogens is 301 g/mol. The Morgan fingerprint density at radius 2 is 2.05 bits per heavy atom. The molecule has 1 aromatic carbocycles. The Bertz CT molecular complexity index is 654. The molecule has 22 heavy (non-hydrogen) atoms. The highest BCUT2D eigenvalue weighted by Gasteiger charge is 2.43. The fraction of sp³-hybridized carbons (Fsp3) is 0.357. The van der Waals surface area contributed by atoms with E-state index in [2.05, 4.69) is 9.72 Å². The number of hydrogen-bond acceptors (Lipinski definition) is 4. The summed E-state index contributed by atoms with van der Waals surface area (Å²) in [7, 11) is 1.36. The predicted octanol–water partition coefficient (Wildman–Crippen LogP) is 2.29. The molecule has 0 radical (unpaired) electrons. The molecular formula is C14H15F3N2O3. The summed E-state index contributed by atoms with van der Waals surface area (Å²) in [4.78, 5) is 14.1. The van der Waals surface area contributed by atoms with Crippen LogP contribution in [-0.2, 0) is 14.3 Å². The first-order chi connectivity index (χ1) is 10.3. The van der Waals surface area contributed by atoms with E-state index in [-0.39, 0.29) is 6.61 Å². The van der Waals surface area contributed by atoms with Crippen LogP contribution < -0.4 is 5.73 Å². The lowest BCUT2D eigenvalue weighted by Crippen LogP contribution is -2.38. The highest BCUT2D eigenvalue weighted by Crippen LogP contribution is 2.31. The SMILES string of the molecule is COCC(N)C(OC(=O)C(F)(F)F)c1c[nH]c2ccccc12. The van der Waals surface area contributed by atoms with Gasteiger partial charge in [-0.25, -0.2) is 4.79 Å². The Labute approximate surface area is 124 Å². The number of benzene rings is 1. The number of para-hydroxylation sites is 1. The Kier molecular flexibility index (Phi) is 4.72. The second-order valence-electron chi connectivity index (χ2n) is 4.73. The van der Waals surface area contributed by atoms with Crippen molar-refractivity contribution in [2.75, 3.05) is 13.7 Å². The standard InChI is InChI=1S/C14H15F3N2O3/c1-21-7-10(18)12(22-13(20)14(15,16)17)9-6-19-11-5-3-2-4-8(9)11/h2-6,10,12,19H,7,18H2,1H3. The summed E-state index contributed by atoms with van der Waals surface area (Å²) in [5.74, 6) is -2.28. The summed E-state index contributed by atoms with van der Waals surface area (Å²) in [5, 5.41) is 0.633. The van der Waals surface area contributed by atoms with E-state index in [1.54, 1.807) is 24.3 Å². The average molecular weight is 316 g/mol. The molecule has 2 unspecified atom stereocenters. The van der Waals surface area contributed by atoms with Gasteiger partial charge in [-0.05, 0) is 6.07 Å². The number of ether oxygens (including phenoxy) is 2. The largest absolute Gasteiger partial charge is 0.490 e. The van der Waals surface area contributed by atoms with Crippen LogP contribution in [0.25, 0.3) is 10.9 Å². The van der Waals surface area contributed by atoms with Crippen molar-refractivity contribution in [3.63, 3.8) is 0 Å². The molecule has 1 aromatic heterocycles. The molecule has 8 heteroatoms. The van der Waals surface area contributed by atoms with Gasteiger partial charge in [0.2, 0.25) is 0 Å². The molecule has 0 bridgehead atoms. The lowest BCUT2D eigenvalue weighted by molar-refractivity contribution is -0.206. The fourth-order valence-corrected chi connectivity index (χ4v) is 2.17. The zero-order valence-corrected chi connectivity index (χ0v) is 11.7. The average Bonchev–Trinajstić information content (AvgIpc) is 2.87. The molecule has 5 nitrogen and oxygen atoms in total. The molecule has 0 aliphatic carbocycles. The summed E-state index contributed by atoms with van der Waals surface area (Å²) >= 11 is 0. The van der Waals surface area contributed by atoms with E-state index in [9.17, 15) is 18.0 Å². The van der Waals surface area contributed by atoms with Gasteiger partial charge in [0.25, 0.3) is 0 Å². The summed E-state index contributed by atoms with van der Waals surface area (Å²) in [6.45, 7) is -0.0602. The molecule has 2 rings (SSSR count). The number of halogens is 3. The molecule has 0 spiro atoms. The van der Waals surface area contributed by atoms with Gasteiger partial charge in [0, 0.05) is 29.8 Å². The van der Waals surface area contributed by atoms with Gasteiger partial charge in [-0.1, -0.05) is 18.2 Å². The van der Waals surface area contributed by atoms with Crippen molar-refractivity contribution < 1.29 is 27.4 Å². The molecule has 2 atom stereocenters. The first-order valence-corrected chi connectivity index (χ1v) is 6.43. The number of carbonyl (C=O) groups is 1. The van der Waals surface area contributed by atoms with Crippen LogP contribution >= 0.6 is 0 Å². The van der Waals surface area contributed by atoms with Crippen LogP contribution in [0.15, 0.2) is 30.5 Å². The Balaban J connectivity index is 2.38. The molecule has 3 N–H and O–H groups in total. The third kappa shape index (κ3) is 3.40. The van der Waals surface area contributed by atoms with Crippen molar-refractivity contribution in [1.82, 2.24) is 4.98 Å². The summed E-state index contributed by atoms with van der Waals surface area (Å²) in [6.07, 6.45) is -4.88. The van der Waals surface area contributed by atoms with Gasteiger partial charge in [0.15, 0.2) is 0 Å². The number of rotatable bonds is 5. The van der Waals surface area contributed by atoms with Crippen LogP contribution in [0.3, 0.4) is 0 Å². The number of alkyl halides is 3. The van der Waals surface area contributed by atoms with Crippen molar-refractivity contribution in [3.05, 3.63) is 36.0 Å². The lowest BCUT2D eigenvalue weighted by atomic mass is 10.0. The van der Waals surface area contributed by atoms with Crippen LogP contribution in [0.1, 0.15) is 11.7 Å². The smallest absolute Gasteiger partial charge is 0.449 e. The van der Waals surface area contributed by atoms with Crippen LogP contribution in [0.4, 0.5) is 13.2 Å². The highest BCUT2D eigenvalue weighted by molar-refractivity contribution is 5.84. The molecule has 0 saturated heterocycles. The maximum absolute atomic E-state index is 12.5. The Hall–Kier alpha value is -2.06. The lowest BCUT2D eigenvalue weighted by Gasteiger charge is -2.24. The van der Waals surface area contributed by atoms with Crippen LogP contribution in [0.5, 0.6) is 0 Å².